The van der Waals surface area contributed by atoms with Crippen molar-refractivity contribution in [1.29, 1.82) is 0 Å². The zero-order valence-electron chi connectivity index (χ0n) is 9.41. The highest BCUT2D eigenvalue weighted by Crippen LogP contribution is 2.49. The van der Waals surface area contributed by atoms with Gasteiger partial charge in [-0.2, -0.15) is 14.7 Å². The maximum Gasteiger partial charge on any atom is 0.481 e. The number of nitrogens with two attached hydrogens (primary N) is 1. The van der Waals surface area contributed by atoms with E-state index in [-0.39, 0.29) is 11.6 Å². The second-order valence-corrected chi connectivity index (χ2v) is 5.67. The first-order valence-corrected chi connectivity index (χ1v) is 6.80. The summed E-state index contributed by atoms with van der Waals surface area (Å²) in [5.41, 5.74) is 3.91. The number of nitrogens with one attached hydrogen (secondary N) is 1. The Balaban J connectivity index is 2.22. The van der Waals surface area contributed by atoms with Crippen LogP contribution in [0.3, 0.4) is 0 Å². The third-order valence-electron chi connectivity index (χ3n) is 2.69. The number of hydrogen-bond donors (Lipinski definition) is 7. The zero-order chi connectivity index (χ0) is 14.4. The van der Waals surface area contributed by atoms with Crippen LogP contribution in [-0.2, 0) is 9.53 Å². The number of H-pyrrole nitrogens is 1. The fourth-order valence-electron chi connectivity index (χ4n) is 1.77. The summed E-state index contributed by atoms with van der Waals surface area (Å²) in [7, 11) is -4.82. The molecule has 1 aliphatic heterocycles. The van der Waals surface area contributed by atoms with Crippen molar-refractivity contribution in [2.75, 3.05) is 5.73 Å². The van der Waals surface area contributed by atoms with Crippen LogP contribution >= 0.6 is 7.94 Å². The molecule has 0 aromatic carbocycles. The molecule has 8 N–H and O–H groups in total. The molecule has 0 spiro atoms. The molecule has 1 saturated heterocycles. The number of hydrogen-bond acceptors (Lipinski definition) is 9. The van der Waals surface area contributed by atoms with Gasteiger partial charge in [0.05, 0.1) is 6.20 Å². The van der Waals surface area contributed by atoms with Crippen molar-refractivity contribution in [3.63, 3.8) is 0 Å². The molecule has 2 heterocycles. The molecule has 1 aromatic rings. The Morgan fingerprint density at radius 1 is 1.37 bits per heavy atom. The van der Waals surface area contributed by atoms with Crippen LogP contribution in [-0.4, -0.2) is 58.7 Å². The Labute approximate surface area is 107 Å². The fraction of sp³-hybridized carbons (Fsp3) is 0.500. The molecule has 0 saturated carbocycles. The van der Waals surface area contributed by atoms with E-state index in [0.29, 0.717) is 0 Å². The molecule has 0 bridgehead atoms. The van der Waals surface area contributed by atoms with E-state index < -0.39 is 37.9 Å². The molecule has 19 heavy (non-hydrogen) atoms. The number of rotatable bonds is 3. The van der Waals surface area contributed by atoms with Gasteiger partial charge in [0.25, 0.3) is 0 Å². The SMILES string of the molecule is Nc1cnc(C2O[C@H](C(=O)[P+](O)(O)O)[C@@H](O)[C@H]2O)[nH]1. The van der Waals surface area contributed by atoms with Crippen molar-refractivity contribution < 1.29 is 34.4 Å². The predicted molar refractivity (Wildman–Crippen MR) is 61.2 cm³/mol. The van der Waals surface area contributed by atoms with E-state index in [1.54, 1.807) is 0 Å². The topological polar surface area (TPSA) is 182 Å². The van der Waals surface area contributed by atoms with Gasteiger partial charge in [0.1, 0.15) is 30.0 Å². The van der Waals surface area contributed by atoms with Gasteiger partial charge in [-0.1, -0.05) is 0 Å². The van der Waals surface area contributed by atoms with E-state index in [1.165, 1.54) is 6.20 Å². The Morgan fingerprint density at radius 3 is 2.47 bits per heavy atom. The van der Waals surface area contributed by atoms with Crippen molar-refractivity contribution >= 4 is 19.3 Å². The van der Waals surface area contributed by atoms with Gasteiger partial charge < -0.3 is 25.7 Å². The Morgan fingerprint density at radius 2 is 2.00 bits per heavy atom. The number of carbonyl (C=O) groups excluding carboxylic acids is 1. The van der Waals surface area contributed by atoms with E-state index in [1.807, 2.05) is 0 Å². The third kappa shape index (κ3) is 2.60. The van der Waals surface area contributed by atoms with Gasteiger partial charge in [0, 0.05) is 0 Å². The minimum Gasteiger partial charge on any atom is -0.387 e. The van der Waals surface area contributed by atoms with E-state index >= 15 is 0 Å². The molecule has 1 fully saturated rings. The number of aromatic nitrogens is 2. The largest absolute Gasteiger partial charge is 0.481 e. The maximum atomic E-state index is 11.5. The van der Waals surface area contributed by atoms with Crippen LogP contribution in [0.2, 0.25) is 0 Å². The molecule has 106 valence electrons. The summed E-state index contributed by atoms with van der Waals surface area (Å²) in [6, 6.07) is 0. The highest BCUT2D eigenvalue weighted by molar-refractivity contribution is 7.76. The van der Waals surface area contributed by atoms with Gasteiger partial charge in [-0.25, -0.2) is 9.78 Å². The highest BCUT2D eigenvalue weighted by atomic mass is 31.2. The average molecular weight is 294 g/mol. The summed E-state index contributed by atoms with van der Waals surface area (Å²) in [6.45, 7) is 0. The van der Waals surface area contributed by atoms with Crippen LogP contribution in [0.4, 0.5) is 5.82 Å². The van der Waals surface area contributed by atoms with Gasteiger partial charge in [0.15, 0.2) is 6.10 Å². The monoisotopic (exact) mass is 294 g/mol. The van der Waals surface area contributed by atoms with Crippen molar-refractivity contribution in [3.05, 3.63) is 12.0 Å². The number of ether oxygens (including phenoxy) is 1. The van der Waals surface area contributed by atoms with Gasteiger partial charge >= 0.3 is 13.5 Å². The lowest BCUT2D eigenvalue weighted by atomic mass is 10.1. The molecule has 11 heteroatoms. The lowest BCUT2D eigenvalue weighted by Gasteiger charge is -2.11. The Bertz CT molecular complexity index is 487. The predicted octanol–water partition coefficient (Wildman–Crippen LogP) is -2.58. The first kappa shape index (κ1) is 14.3. The Hall–Kier alpha value is -1.13. The second-order valence-electron chi connectivity index (χ2n) is 4.09. The van der Waals surface area contributed by atoms with Crippen molar-refractivity contribution in [1.82, 2.24) is 9.97 Å². The second kappa shape index (κ2) is 4.76. The molecule has 4 atom stereocenters. The van der Waals surface area contributed by atoms with E-state index in [9.17, 15) is 15.0 Å². The normalized spacial score (nSPS) is 31.6. The third-order valence-corrected chi connectivity index (χ3v) is 3.53. The number of aliphatic hydroxyl groups excluding tert-OH is 2. The molecule has 0 amide bonds. The quantitative estimate of drug-likeness (QED) is 0.294. The first-order valence-electron chi connectivity index (χ1n) is 5.15. The smallest absolute Gasteiger partial charge is 0.387 e. The summed E-state index contributed by atoms with van der Waals surface area (Å²) in [6.07, 6.45) is -4.98. The number of aromatic amines is 1. The molecule has 1 aliphatic rings. The Kier molecular flexibility index (Phi) is 3.58. The number of anilines is 1. The number of nitrogen functional groups attached to an aromatic ring is 1. The number of imidazole rings is 1. The van der Waals surface area contributed by atoms with Crippen molar-refractivity contribution in [2.24, 2.45) is 0 Å². The molecule has 10 nitrogen and oxygen atoms in total. The summed E-state index contributed by atoms with van der Waals surface area (Å²) in [5.74, 6) is 0.250. The van der Waals surface area contributed by atoms with Crippen molar-refractivity contribution in [3.8, 4) is 0 Å². The lowest BCUT2D eigenvalue weighted by molar-refractivity contribution is -0.128. The molecule has 1 aromatic heterocycles. The molecule has 0 radical (unpaired) electrons. The van der Waals surface area contributed by atoms with Crippen molar-refractivity contribution in [2.45, 2.75) is 24.4 Å². The standard InChI is InChI=1S/C8H13N3O7P/c9-2-1-10-7(11-2)5-3(12)4(13)6(18-5)8(14)19(15,16)17/h1,3-6,12-13,15-17H,9H2,(H,10,11)/q+1/t3-,4+,5?,6+/m1/s1. The average Bonchev–Trinajstić information content (AvgIpc) is 2.84. The summed E-state index contributed by atoms with van der Waals surface area (Å²) < 4.78 is 5.02. The lowest BCUT2D eigenvalue weighted by Crippen LogP contribution is -2.36. The van der Waals surface area contributed by atoms with Crippen LogP contribution in [0.5, 0.6) is 0 Å². The fourth-order valence-corrected chi connectivity index (χ4v) is 2.33. The number of nitrogens with zero attached hydrogens (tertiary/aromatic N) is 1. The van der Waals surface area contributed by atoms with Crippen LogP contribution < -0.4 is 5.73 Å². The van der Waals surface area contributed by atoms with Crippen LogP contribution in [0.15, 0.2) is 6.20 Å². The first-order chi connectivity index (χ1) is 8.71. The minimum atomic E-state index is -4.82. The van der Waals surface area contributed by atoms with E-state index in [2.05, 4.69) is 9.97 Å². The molecule has 1 unspecified atom stereocenters. The summed E-state index contributed by atoms with van der Waals surface area (Å²) in [5, 5.41) is 19.4. The maximum absolute atomic E-state index is 11.5. The molecular weight excluding hydrogens is 281 g/mol. The number of carbonyl (C=O) groups is 1. The minimum absolute atomic E-state index is 0.0668. The molecular formula is C8H13N3O7P+. The van der Waals surface area contributed by atoms with Gasteiger partial charge in [-0.15, -0.1) is 0 Å². The highest BCUT2D eigenvalue weighted by Gasteiger charge is 2.58. The zero-order valence-corrected chi connectivity index (χ0v) is 10.3. The summed E-state index contributed by atoms with van der Waals surface area (Å²) in [4.78, 5) is 44.4. The molecule has 0 aliphatic carbocycles. The van der Waals surface area contributed by atoms with E-state index in [0.717, 1.165) is 0 Å². The van der Waals surface area contributed by atoms with Gasteiger partial charge in [-0.3, -0.25) is 0 Å². The number of aliphatic hydroxyl groups is 2. The van der Waals surface area contributed by atoms with Crippen LogP contribution in [0.25, 0.3) is 0 Å². The molecule has 2 rings (SSSR count). The van der Waals surface area contributed by atoms with Crippen LogP contribution in [0.1, 0.15) is 11.9 Å². The van der Waals surface area contributed by atoms with Crippen LogP contribution in [0, 0.1) is 0 Å². The van der Waals surface area contributed by atoms with Gasteiger partial charge in [-0.05, 0) is 0 Å². The van der Waals surface area contributed by atoms with Gasteiger partial charge in [0.2, 0.25) is 0 Å². The van der Waals surface area contributed by atoms with E-state index in [4.69, 9.17) is 25.2 Å². The summed E-state index contributed by atoms with van der Waals surface area (Å²) >= 11 is 0.